The van der Waals surface area contributed by atoms with Crippen LogP contribution in [0.4, 0.5) is 0 Å². The first-order valence-electron chi connectivity index (χ1n) is 13.1. The minimum Gasteiger partial charge on any atom is -0.296 e. The Morgan fingerprint density at radius 3 is 1.17 bits per heavy atom. The third kappa shape index (κ3) is 20.8. The topological polar surface area (TPSA) is 52.6 Å². The van der Waals surface area contributed by atoms with Crippen LogP contribution in [0.3, 0.4) is 0 Å². The minimum absolute atomic E-state index is 0.126. The fourth-order valence-electron chi connectivity index (χ4n) is 3.31. The summed E-state index contributed by atoms with van der Waals surface area (Å²) in [5.41, 5.74) is 7.81. The molecular formula is C30H50O4P2. The second-order valence-electron chi connectivity index (χ2n) is 10.1. The van der Waals surface area contributed by atoms with Crippen molar-refractivity contribution in [2.24, 2.45) is 0 Å². The van der Waals surface area contributed by atoms with Gasteiger partial charge in [0, 0.05) is 0 Å². The molecule has 0 aliphatic rings. The highest BCUT2D eigenvalue weighted by Crippen LogP contribution is 2.59. The summed E-state index contributed by atoms with van der Waals surface area (Å²) in [5, 5.41) is 0. The highest BCUT2D eigenvalue weighted by atomic mass is 32.1. The zero-order valence-corrected chi connectivity index (χ0v) is 25.9. The first-order chi connectivity index (χ1) is 17.0. The molecule has 0 fully saturated rings. The van der Waals surface area contributed by atoms with Crippen molar-refractivity contribution in [3.8, 4) is 0 Å². The molecule has 0 rings (SSSR count). The molecule has 4 nitrogen and oxygen atoms in total. The standard InChI is InChI=1S/C30H50O4P2/c1-25(2)13-9-15-27(5)17-11-19-29(7)21-23-33-36(32,35-31)34-24-22-30(8)20-12-18-28(6)16-10-14-26(3)4/h13-14,17-18,21-22H,9-12,15-16,19-20,23-24H2,1-8H3. The van der Waals surface area contributed by atoms with E-state index in [2.05, 4.69) is 65.8 Å². The largest absolute Gasteiger partial charge is 0.420 e. The van der Waals surface area contributed by atoms with Gasteiger partial charge in [0.15, 0.2) is 0 Å². The molecule has 0 amide bonds. The third-order valence-electron chi connectivity index (χ3n) is 5.68. The molecule has 0 atom stereocenters. The molecule has 0 aromatic carbocycles. The van der Waals surface area contributed by atoms with Crippen molar-refractivity contribution in [2.75, 3.05) is 13.2 Å². The Labute approximate surface area is 223 Å². The molecule has 0 bridgehead atoms. The van der Waals surface area contributed by atoms with Gasteiger partial charge in [-0.25, -0.2) is 4.57 Å². The molecule has 36 heavy (non-hydrogen) atoms. The number of rotatable bonds is 19. The van der Waals surface area contributed by atoms with E-state index in [1.165, 1.54) is 22.3 Å². The molecule has 0 heterocycles. The van der Waals surface area contributed by atoms with Gasteiger partial charge in [0.25, 0.3) is 8.15 Å². The summed E-state index contributed by atoms with van der Waals surface area (Å²) >= 11 is 0. The van der Waals surface area contributed by atoms with E-state index in [4.69, 9.17) is 9.05 Å². The molecule has 0 saturated carbocycles. The average Bonchev–Trinajstić information content (AvgIpc) is 2.78. The minimum atomic E-state index is -3.64. The summed E-state index contributed by atoms with van der Waals surface area (Å²) in [6, 6.07) is 0. The second-order valence-corrected chi connectivity index (χ2v) is 13.6. The maximum atomic E-state index is 12.6. The van der Waals surface area contributed by atoms with Crippen LogP contribution in [0, 0.1) is 0 Å². The first-order valence-corrected chi connectivity index (χ1v) is 16.2. The van der Waals surface area contributed by atoms with Crippen LogP contribution < -0.4 is 0 Å². The summed E-state index contributed by atoms with van der Waals surface area (Å²) in [6.07, 6.45) is 20.9. The van der Waals surface area contributed by atoms with Gasteiger partial charge < -0.3 is 0 Å². The fraction of sp³-hybridized carbons (Fsp3) is 0.600. The molecule has 0 radical (unpaired) electrons. The number of hydrogen-bond donors (Lipinski definition) is 0. The molecule has 0 unspecified atom stereocenters. The summed E-state index contributed by atoms with van der Waals surface area (Å²) in [7, 11) is -4.25. The number of hydrogen-bond acceptors (Lipinski definition) is 4. The van der Waals surface area contributed by atoms with E-state index < -0.39 is 15.4 Å². The average molecular weight is 537 g/mol. The van der Waals surface area contributed by atoms with Crippen molar-refractivity contribution in [3.05, 3.63) is 69.9 Å². The van der Waals surface area contributed by atoms with Gasteiger partial charge in [0.2, 0.25) is 0 Å². The fourth-order valence-corrected chi connectivity index (χ4v) is 4.69. The zero-order chi connectivity index (χ0) is 27.4. The van der Waals surface area contributed by atoms with E-state index in [1.54, 1.807) is 0 Å². The van der Waals surface area contributed by atoms with Crippen LogP contribution in [-0.2, 0) is 18.2 Å². The monoisotopic (exact) mass is 536 g/mol. The summed E-state index contributed by atoms with van der Waals surface area (Å²) < 4.78 is 34.8. The molecule has 0 aliphatic heterocycles. The van der Waals surface area contributed by atoms with Crippen LogP contribution in [0.25, 0.3) is 0 Å². The van der Waals surface area contributed by atoms with Crippen molar-refractivity contribution in [1.29, 1.82) is 0 Å². The lowest BCUT2D eigenvalue weighted by Gasteiger charge is -2.10. The van der Waals surface area contributed by atoms with Gasteiger partial charge in [0.1, 0.15) is 0 Å². The summed E-state index contributed by atoms with van der Waals surface area (Å²) in [4.78, 5) is 0. The summed E-state index contributed by atoms with van der Waals surface area (Å²) in [5.74, 6) is 0. The molecule has 0 aromatic heterocycles. The lowest BCUT2D eigenvalue weighted by Crippen LogP contribution is -1.94. The van der Waals surface area contributed by atoms with Crippen LogP contribution in [0.1, 0.15) is 107 Å². The highest BCUT2D eigenvalue weighted by Gasteiger charge is 2.24. The maximum absolute atomic E-state index is 12.6. The highest BCUT2D eigenvalue weighted by molar-refractivity contribution is 8.14. The van der Waals surface area contributed by atoms with Crippen LogP contribution in [0.5, 0.6) is 0 Å². The van der Waals surface area contributed by atoms with Gasteiger partial charge in [-0.3, -0.25) is 13.6 Å². The predicted octanol–water partition coefficient (Wildman–Crippen LogP) is 11.3. The van der Waals surface area contributed by atoms with E-state index in [0.29, 0.717) is 0 Å². The van der Waals surface area contributed by atoms with Gasteiger partial charge in [-0.1, -0.05) is 69.9 Å². The SMILES string of the molecule is CC(C)=CCCC(C)=CCCC(C)=CCOP(=O)(OCC=C(C)CCC=C(C)CCC=C(C)C)P=O. The van der Waals surface area contributed by atoms with Crippen LogP contribution in [-0.4, -0.2) is 13.2 Å². The molecule has 0 aliphatic carbocycles. The Hall–Kier alpha value is -1.31. The van der Waals surface area contributed by atoms with Gasteiger partial charge >= 0.3 is 7.28 Å². The van der Waals surface area contributed by atoms with E-state index >= 15 is 0 Å². The van der Waals surface area contributed by atoms with Gasteiger partial charge in [-0.15, -0.1) is 0 Å². The Morgan fingerprint density at radius 1 is 0.556 bits per heavy atom. The molecular weight excluding hydrogens is 486 g/mol. The zero-order valence-electron chi connectivity index (χ0n) is 24.1. The third-order valence-corrected chi connectivity index (χ3v) is 8.13. The van der Waals surface area contributed by atoms with Gasteiger partial charge in [-0.05, 0) is 107 Å². The Kier molecular flexibility index (Phi) is 20.0. The molecule has 6 heteroatoms. The molecule has 204 valence electrons. The van der Waals surface area contributed by atoms with Crippen LogP contribution in [0.15, 0.2) is 69.9 Å². The Balaban J connectivity index is 4.40. The lowest BCUT2D eigenvalue weighted by atomic mass is 10.1. The van der Waals surface area contributed by atoms with E-state index in [9.17, 15) is 9.13 Å². The quantitative estimate of drug-likeness (QED) is 0.122. The first kappa shape index (κ1) is 34.7. The number of allylic oxidation sites excluding steroid dienone is 10. The van der Waals surface area contributed by atoms with Crippen LogP contribution >= 0.6 is 15.4 Å². The molecule has 0 saturated heterocycles. The normalized spacial score (nSPS) is 15.1. The van der Waals surface area contributed by atoms with Crippen molar-refractivity contribution < 1.29 is 18.2 Å². The predicted molar refractivity (Wildman–Crippen MR) is 158 cm³/mol. The van der Waals surface area contributed by atoms with Crippen molar-refractivity contribution in [1.82, 2.24) is 0 Å². The van der Waals surface area contributed by atoms with E-state index in [0.717, 1.165) is 62.5 Å². The van der Waals surface area contributed by atoms with Gasteiger partial charge in [0.05, 0.1) is 13.2 Å². The van der Waals surface area contributed by atoms with Crippen molar-refractivity contribution in [2.45, 2.75) is 107 Å². The Bertz CT molecular complexity index is 815. The van der Waals surface area contributed by atoms with Gasteiger partial charge in [-0.2, -0.15) is 0 Å². The maximum Gasteiger partial charge on any atom is 0.420 e. The Morgan fingerprint density at radius 2 is 0.861 bits per heavy atom. The smallest absolute Gasteiger partial charge is 0.296 e. The molecule has 0 N–H and O–H groups in total. The second kappa shape index (κ2) is 20.7. The van der Waals surface area contributed by atoms with Crippen molar-refractivity contribution in [3.63, 3.8) is 0 Å². The molecule has 0 spiro atoms. The summed E-state index contributed by atoms with van der Waals surface area (Å²) in [6.45, 7) is 17.1. The van der Waals surface area contributed by atoms with Crippen LogP contribution in [0.2, 0.25) is 0 Å². The van der Waals surface area contributed by atoms with E-state index in [-0.39, 0.29) is 13.2 Å². The van der Waals surface area contributed by atoms with Crippen molar-refractivity contribution >= 4 is 15.4 Å². The molecule has 0 aromatic rings. The lowest BCUT2D eigenvalue weighted by molar-refractivity contribution is 0.252. The van der Waals surface area contributed by atoms with E-state index in [1.807, 2.05) is 26.0 Å².